The van der Waals surface area contributed by atoms with E-state index < -0.39 is 0 Å². The first-order valence-corrected chi connectivity index (χ1v) is 6.53. The van der Waals surface area contributed by atoms with Gasteiger partial charge in [-0.05, 0) is 45.7 Å². The first-order chi connectivity index (χ1) is 8.20. The third-order valence-corrected chi connectivity index (χ3v) is 3.11. The maximum absolute atomic E-state index is 4.31. The maximum atomic E-state index is 4.31. The lowest BCUT2D eigenvalue weighted by molar-refractivity contribution is 0.654. The molecule has 1 saturated carbocycles. The molecule has 0 amide bonds. The number of rotatable bonds is 6. The largest absolute Gasteiger partial charge is 0.353 e. The highest BCUT2D eigenvalue weighted by Crippen LogP contribution is 2.19. The molecular weight excluding hydrogens is 212 g/mol. The van der Waals surface area contributed by atoms with Crippen LogP contribution in [-0.4, -0.2) is 28.8 Å². The van der Waals surface area contributed by atoms with Crippen LogP contribution < -0.4 is 10.2 Å². The van der Waals surface area contributed by atoms with Crippen LogP contribution in [0.15, 0.2) is 12.1 Å². The van der Waals surface area contributed by atoms with E-state index in [1.807, 2.05) is 0 Å². The van der Waals surface area contributed by atoms with E-state index in [4.69, 9.17) is 0 Å². The minimum Gasteiger partial charge on any atom is -0.353 e. The smallest absolute Gasteiger partial charge is 0.151 e. The Bertz CT molecular complexity index is 343. The third-order valence-electron chi connectivity index (χ3n) is 3.11. The van der Waals surface area contributed by atoms with Crippen molar-refractivity contribution in [2.24, 2.45) is 0 Å². The Labute approximate surface area is 103 Å². The lowest BCUT2D eigenvalue weighted by Gasteiger charge is -2.25. The van der Waals surface area contributed by atoms with Gasteiger partial charge in [-0.1, -0.05) is 0 Å². The van der Waals surface area contributed by atoms with Crippen LogP contribution in [0.25, 0.3) is 0 Å². The monoisotopic (exact) mass is 234 g/mol. The third kappa shape index (κ3) is 3.40. The van der Waals surface area contributed by atoms with Gasteiger partial charge in [0.15, 0.2) is 5.82 Å². The number of anilines is 1. The van der Waals surface area contributed by atoms with Crippen molar-refractivity contribution in [3.8, 4) is 0 Å². The van der Waals surface area contributed by atoms with Crippen LogP contribution in [0.2, 0.25) is 0 Å². The van der Waals surface area contributed by atoms with E-state index in [2.05, 4.69) is 53.3 Å². The van der Waals surface area contributed by atoms with Crippen molar-refractivity contribution in [3.63, 3.8) is 0 Å². The summed E-state index contributed by atoms with van der Waals surface area (Å²) in [5.41, 5.74) is 1.03. The van der Waals surface area contributed by atoms with Crippen LogP contribution in [0.1, 0.15) is 39.3 Å². The molecule has 0 bridgehead atoms. The summed E-state index contributed by atoms with van der Waals surface area (Å²) in [6.45, 7) is 8.30. The zero-order chi connectivity index (χ0) is 12.3. The summed E-state index contributed by atoms with van der Waals surface area (Å²) >= 11 is 0. The number of nitrogens with one attached hydrogen (secondary N) is 1. The Balaban J connectivity index is 1.95. The van der Waals surface area contributed by atoms with E-state index in [0.717, 1.165) is 30.6 Å². The van der Waals surface area contributed by atoms with Gasteiger partial charge in [-0.3, -0.25) is 0 Å². The molecule has 0 aliphatic heterocycles. The van der Waals surface area contributed by atoms with Gasteiger partial charge in [0.2, 0.25) is 0 Å². The highest BCUT2D eigenvalue weighted by Gasteiger charge is 2.20. The molecule has 0 radical (unpaired) electrons. The standard InChI is InChI=1S/C13H22N4/c1-4-17(10(2)3)13-8-7-12(15-16-13)9-14-11-5-6-11/h7-8,10-11,14H,4-6,9H2,1-3H3. The topological polar surface area (TPSA) is 41.0 Å². The summed E-state index contributed by atoms with van der Waals surface area (Å²) in [6, 6.07) is 5.33. The molecule has 4 nitrogen and oxygen atoms in total. The molecule has 0 aromatic carbocycles. The first-order valence-electron chi connectivity index (χ1n) is 6.53. The van der Waals surface area contributed by atoms with Crippen molar-refractivity contribution in [2.45, 2.75) is 52.2 Å². The van der Waals surface area contributed by atoms with Crippen LogP contribution in [0, 0.1) is 0 Å². The molecule has 1 aliphatic carbocycles. The molecule has 4 heteroatoms. The number of hydrogen-bond donors (Lipinski definition) is 1. The molecule has 1 N–H and O–H groups in total. The van der Waals surface area contributed by atoms with Crippen molar-refractivity contribution in [1.82, 2.24) is 15.5 Å². The molecule has 1 fully saturated rings. The van der Waals surface area contributed by atoms with E-state index in [-0.39, 0.29) is 0 Å². The highest BCUT2D eigenvalue weighted by molar-refractivity contribution is 5.38. The molecule has 1 aromatic rings. The van der Waals surface area contributed by atoms with Crippen LogP contribution in [0.4, 0.5) is 5.82 Å². The van der Waals surface area contributed by atoms with Crippen molar-refractivity contribution >= 4 is 5.82 Å². The van der Waals surface area contributed by atoms with Crippen molar-refractivity contribution in [2.75, 3.05) is 11.4 Å². The fourth-order valence-electron chi connectivity index (χ4n) is 1.93. The maximum Gasteiger partial charge on any atom is 0.151 e. The van der Waals surface area contributed by atoms with Gasteiger partial charge in [0.1, 0.15) is 0 Å². The van der Waals surface area contributed by atoms with Gasteiger partial charge >= 0.3 is 0 Å². The summed E-state index contributed by atoms with van der Waals surface area (Å²) in [4.78, 5) is 2.24. The zero-order valence-electron chi connectivity index (χ0n) is 11.0. The summed E-state index contributed by atoms with van der Waals surface area (Å²) in [5.74, 6) is 0.970. The fraction of sp³-hybridized carbons (Fsp3) is 0.692. The molecule has 0 atom stereocenters. The highest BCUT2D eigenvalue weighted by atomic mass is 15.3. The second kappa shape index (κ2) is 5.45. The second-order valence-electron chi connectivity index (χ2n) is 4.92. The summed E-state index contributed by atoms with van der Waals surface area (Å²) in [5, 5.41) is 12.0. The molecule has 94 valence electrons. The predicted octanol–water partition coefficient (Wildman–Crippen LogP) is 1.96. The van der Waals surface area contributed by atoms with Crippen LogP contribution >= 0.6 is 0 Å². The average molecular weight is 234 g/mol. The van der Waals surface area contributed by atoms with E-state index in [1.165, 1.54) is 12.8 Å². The Kier molecular flexibility index (Phi) is 3.94. The van der Waals surface area contributed by atoms with Gasteiger partial charge in [0, 0.05) is 25.2 Å². The minimum absolute atomic E-state index is 0.463. The Morgan fingerprint density at radius 1 is 1.35 bits per heavy atom. The van der Waals surface area contributed by atoms with Gasteiger partial charge in [0.05, 0.1) is 5.69 Å². The Hall–Kier alpha value is -1.16. The van der Waals surface area contributed by atoms with Gasteiger partial charge < -0.3 is 10.2 Å². The van der Waals surface area contributed by atoms with Gasteiger partial charge in [-0.15, -0.1) is 5.10 Å². The lowest BCUT2D eigenvalue weighted by Crippen LogP contribution is -2.31. The summed E-state index contributed by atoms with van der Waals surface area (Å²) < 4.78 is 0. The van der Waals surface area contributed by atoms with E-state index in [0.29, 0.717) is 6.04 Å². The zero-order valence-corrected chi connectivity index (χ0v) is 11.0. The number of hydrogen-bond acceptors (Lipinski definition) is 4. The molecule has 1 heterocycles. The van der Waals surface area contributed by atoms with Gasteiger partial charge in [-0.2, -0.15) is 5.10 Å². The van der Waals surface area contributed by atoms with Crippen molar-refractivity contribution in [1.29, 1.82) is 0 Å². The quantitative estimate of drug-likeness (QED) is 0.817. The minimum atomic E-state index is 0.463. The fourth-order valence-corrected chi connectivity index (χ4v) is 1.93. The summed E-state index contributed by atoms with van der Waals surface area (Å²) in [6.07, 6.45) is 2.62. The first kappa shape index (κ1) is 12.3. The normalized spacial score (nSPS) is 15.3. The number of nitrogens with zero attached hydrogens (tertiary/aromatic N) is 3. The SMILES string of the molecule is CCN(c1ccc(CNC2CC2)nn1)C(C)C. The average Bonchev–Trinajstić information content (AvgIpc) is 3.12. The molecule has 1 aliphatic rings. The Morgan fingerprint density at radius 3 is 2.59 bits per heavy atom. The predicted molar refractivity (Wildman–Crippen MR) is 70.0 cm³/mol. The molecule has 1 aromatic heterocycles. The van der Waals surface area contributed by atoms with Crippen LogP contribution in [0.5, 0.6) is 0 Å². The molecule has 0 spiro atoms. The lowest BCUT2D eigenvalue weighted by atomic mass is 10.3. The molecular formula is C13H22N4. The summed E-state index contributed by atoms with van der Waals surface area (Å²) in [7, 11) is 0. The van der Waals surface area contributed by atoms with E-state index in [1.54, 1.807) is 0 Å². The molecule has 17 heavy (non-hydrogen) atoms. The molecule has 0 unspecified atom stereocenters. The molecule has 2 rings (SSSR count). The van der Waals surface area contributed by atoms with Crippen LogP contribution in [-0.2, 0) is 6.54 Å². The number of aromatic nitrogens is 2. The van der Waals surface area contributed by atoms with Crippen molar-refractivity contribution < 1.29 is 0 Å². The Morgan fingerprint density at radius 2 is 2.12 bits per heavy atom. The van der Waals surface area contributed by atoms with E-state index >= 15 is 0 Å². The second-order valence-corrected chi connectivity index (χ2v) is 4.92. The van der Waals surface area contributed by atoms with Gasteiger partial charge in [0.25, 0.3) is 0 Å². The van der Waals surface area contributed by atoms with Gasteiger partial charge in [-0.25, -0.2) is 0 Å². The van der Waals surface area contributed by atoms with Crippen LogP contribution in [0.3, 0.4) is 0 Å². The molecule has 0 saturated heterocycles. The van der Waals surface area contributed by atoms with Crippen molar-refractivity contribution in [3.05, 3.63) is 17.8 Å². The van der Waals surface area contributed by atoms with E-state index in [9.17, 15) is 0 Å².